The predicted octanol–water partition coefficient (Wildman–Crippen LogP) is -5.42. The monoisotopic (exact) mass is 457 g/mol. The first kappa shape index (κ1) is 30.8. The van der Waals surface area contributed by atoms with Crippen LogP contribution in [0.5, 0.6) is 0 Å². The number of nitrogens with zero attached hydrogens (tertiary/aromatic N) is 2. The van der Waals surface area contributed by atoms with Gasteiger partial charge in [0.1, 0.15) is 0 Å². The molecule has 0 aromatic rings. The van der Waals surface area contributed by atoms with Gasteiger partial charge in [0.25, 0.3) is 0 Å². The summed E-state index contributed by atoms with van der Waals surface area (Å²) in [6.07, 6.45) is 0. The number of carbonyl (C=O) groups is 4. The van der Waals surface area contributed by atoms with Gasteiger partial charge >= 0.3 is 31.2 Å². The second-order valence-corrected chi connectivity index (χ2v) is 6.31. The van der Waals surface area contributed by atoms with Crippen molar-refractivity contribution in [3.05, 3.63) is 0 Å². The van der Waals surface area contributed by atoms with E-state index in [0.29, 0.717) is 0 Å². The normalized spacial score (nSPS) is 11.1. The number of hydrogen-bond acceptors (Lipinski definition) is 12. The van der Waals surface area contributed by atoms with E-state index in [-0.39, 0.29) is 19.7 Å². The Morgan fingerprint density at radius 1 is 0.742 bits per heavy atom. The molecule has 17 heteroatoms. The zero-order valence-electron chi connectivity index (χ0n) is 16.5. The third-order valence-electron chi connectivity index (χ3n) is 3.32. The van der Waals surface area contributed by atoms with Crippen LogP contribution in [0, 0.1) is 0 Å². The molecule has 0 rings (SSSR count). The van der Waals surface area contributed by atoms with Gasteiger partial charge in [-0.3, -0.25) is 29.0 Å². The minimum Gasteiger partial charge on any atom is -0.480 e. The van der Waals surface area contributed by atoms with E-state index in [1.165, 1.54) is 0 Å². The van der Waals surface area contributed by atoms with E-state index in [4.69, 9.17) is 46.4 Å². The minimum atomic E-state index is -1.93. The van der Waals surface area contributed by atoms with Crippen molar-refractivity contribution in [2.75, 3.05) is 59.1 Å². The molecule has 0 unspecified atom stereocenters. The molecule has 0 aliphatic carbocycles. The Balaban J connectivity index is 0. The molecule has 10 N–H and O–H groups in total. The molecule has 180 valence electrons. The lowest BCUT2D eigenvalue weighted by Crippen LogP contribution is -2.52. The van der Waals surface area contributed by atoms with Crippen molar-refractivity contribution in [1.29, 1.82) is 0 Å². The van der Waals surface area contributed by atoms with Gasteiger partial charge in [-0.1, -0.05) is 0 Å². The van der Waals surface area contributed by atoms with Crippen molar-refractivity contribution in [3.8, 4) is 0 Å². The molecule has 16 nitrogen and oxygen atoms in total. The van der Waals surface area contributed by atoms with Gasteiger partial charge in [-0.2, -0.15) is 0 Å². The standard InChI is InChI=1S/C10H16N2O8.C4H12BNO5/c13-7(14)3-11(4-8(15)16)1-2-12(5-9(17)18)6-10(19)20;6-4(1-7,2-8)3-11-5(9)10/h1-6H2,(H,13,14)(H,15,16)(H,17,18)(H,19,20);7-10H,1-3,6H2. The fourth-order valence-corrected chi connectivity index (χ4v) is 1.86. The number of carboxylic acids is 4. The van der Waals surface area contributed by atoms with Crippen molar-refractivity contribution >= 4 is 31.2 Å². The lowest BCUT2D eigenvalue weighted by atomic mass is 10.1. The van der Waals surface area contributed by atoms with Crippen LogP contribution in [0.15, 0.2) is 0 Å². The van der Waals surface area contributed by atoms with E-state index < -0.39 is 76.1 Å². The first-order chi connectivity index (χ1) is 14.2. The predicted molar refractivity (Wildman–Crippen MR) is 101 cm³/mol. The average molecular weight is 457 g/mol. The SMILES string of the molecule is NC(CO)(CO)COB(O)O.O=C(O)CN(CCN(CC(=O)O)CC(=O)O)CC(=O)O. The molecule has 0 amide bonds. The van der Waals surface area contributed by atoms with E-state index in [1.807, 2.05) is 0 Å². The third-order valence-corrected chi connectivity index (χ3v) is 3.32. The summed E-state index contributed by atoms with van der Waals surface area (Å²) in [7, 11) is -1.93. The van der Waals surface area contributed by atoms with Crippen molar-refractivity contribution in [2.45, 2.75) is 5.54 Å². The molecule has 0 aliphatic heterocycles. The van der Waals surface area contributed by atoms with Crippen molar-refractivity contribution in [3.63, 3.8) is 0 Å². The summed E-state index contributed by atoms with van der Waals surface area (Å²) >= 11 is 0. The van der Waals surface area contributed by atoms with Gasteiger partial charge in [0, 0.05) is 13.1 Å². The third kappa shape index (κ3) is 19.3. The fourth-order valence-electron chi connectivity index (χ4n) is 1.86. The summed E-state index contributed by atoms with van der Waals surface area (Å²) in [6, 6.07) is 0. The first-order valence-corrected chi connectivity index (χ1v) is 8.55. The van der Waals surface area contributed by atoms with Crippen LogP contribution in [0.2, 0.25) is 0 Å². The molecule has 0 spiro atoms. The second-order valence-electron chi connectivity index (χ2n) is 6.31. The van der Waals surface area contributed by atoms with Gasteiger partial charge in [0.05, 0.1) is 51.5 Å². The van der Waals surface area contributed by atoms with Crippen molar-refractivity contribution in [2.24, 2.45) is 5.73 Å². The van der Waals surface area contributed by atoms with Gasteiger partial charge < -0.3 is 51.1 Å². The Morgan fingerprint density at radius 2 is 1.03 bits per heavy atom. The summed E-state index contributed by atoms with van der Waals surface area (Å²) in [6.45, 7) is -3.55. The highest BCUT2D eigenvalue weighted by atomic mass is 16.6. The summed E-state index contributed by atoms with van der Waals surface area (Å²) in [5.41, 5.74) is 3.98. The number of aliphatic hydroxyl groups excluding tert-OH is 2. The van der Waals surface area contributed by atoms with Gasteiger partial charge in [-0.05, 0) is 0 Å². The van der Waals surface area contributed by atoms with Crippen LogP contribution in [-0.2, 0) is 23.8 Å². The van der Waals surface area contributed by atoms with Crippen LogP contribution in [0.1, 0.15) is 0 Å². The number of rotatable bonds is 16. The summed E-state index contributed by atoms with van der Waals surface area (Å²) in [4.78, 5) is 44.4. The van der Waals surface area contributed by atoms with Gasteiger partial charge in [0.2, 0.25) is 0 Å². The van der Waals surface area contributed by atoms with E-state index in [0.717, 1.165) is 9.80 Å². The molecular formula is C14H28BN3O13. The Bertz CT molecular complexity index is 506. The molecule has 0 aromatic carbocycles. The molecule has 0 fully saturated rings. The van der Waals surface area contributed by atoms with E-state index >= 15 is 0 Å². The van der Waals surface area contributed by atoms with Gasteiger partial charge in [0.15, 0.2) is 0 Å². The van der Waals surface area contributed by atoms with Crippen LogP contribution >= 0.6 is 0 Å². The molecule has 0 atom stereocenters. The Labute approximate surface area is 176 Å². The van der Waals surface area contributed by atoms with E-state index in [2.05, 4.69) is 4.65 Å². The highest BCUT2D eigenvalue weighted by molar-refractivity contribution is 6.32. The molecule has 31 heavy (non-hydrogen) atoms. The molecular weight excluding hydrogens is 429 g/mol. The summed E-state index contributed by atoms with van der Waals surface area (Å²) in [5.74, 6) is -4.91. The Morgan fingerprint density at radius 3 is 1.23 bits per heavy atom. The fraction of sp³-hybridized carbons (Fsp3) is 0.714. The van der Waals surface area contributed by atoms with Crippen LogP contribution in [0.3, 0.4) is 0 Å². The number of aliphatic carboxylic acids is 4. The number of nitrogens with two attached hydrogens (primary N) is 1. The number of hydrogen-bond donors (Lipinski definition) is 9. The molecule has 0 heterocycles. The van der Waals surface area contributed by atoms with E-state index in [9.17, 15) is 19.2 Å². The quantitative estimate of drug-likeness (QED) is 0.0978. The van der Waals surface area contributed by atoms with Crippen molar-refractivity contribution < 1.29 is 64.5 Å². The minimum absolute atomic E-state index is 0.0703. The Kier molecular flexibility index (Phi) is 16.2. The lowest BCUT2D eigenvalue weighted by Gasteiger charge is -2.23. The summed E-state index contributed by atoms with van der Waals surface area (Å²) in [5, 5.41) is 68.0. The van der Waals surface area contributed by atoms with E-state index in [1.54, 1.807) is 0 Å². The largest absolute Gasteiger partial charge is 0.633 e. The number of aliphatic hydroxyl groups is 2. The molecule has 0 aromatic heterocycles. The van der Waals surface area contributed by atoms with Crippen LogP contribution in [0.4, 0.5) is 0 Å². The van der Waals surface area contributed by atoms with Crippen molar-refractivity contribution in [1.82, 2.24) is 9.80 Å². The molecule has 0 bridgehead atoms. The van der Waals surface area contributed by atoms with Gasteiger partial charge in [-0.15, -0.1) is 0 Å². The van der Waals surface area contributed by atoms with Crippen LogP contribution < -0.4 is 5.73 Å². The molecule has 0 saturated carbocycles. The average Bonchev–Trinajstić information content (AvgIpc) is 2.62. The highest BCUT2D eigenvalue weighted by Gasteiger charge is 2.25. The zero-order valence-corrected chi connectivity index (χ0v) is 16.5. The maximum Gasteiger partial charge on any atom is 0.633 e. The maximum absolute atomic E-state index is 10.6. The smallest absolute Gasteiger partial charge is 0.480 e. The molecule has 0 radical (unpaired) electrons. The van der Waals surface area contributed by atoms with Crippen LogP contribution in [-0.4, -0.2) is 146 Å². The number of carboxylic acid groups (broad SMARTS) is 4. The lowest BCUT2D eigenvalue weighted by molar-refractivity contribution is -0.145. The topological polar surface area (TPSA) is 272 Å². The zero-order chi connectivity index (χ0) is 24.6. The molecule has 0 aliphatic rings. The molecule has 0 saturated heterocycles. The summed E-state index contributed by atoms with van der Waals surface area (Å²) < 4.78 is 4.25. The van der Waals surface area contributed by atoms with Gasteiger partial charge in [-0.25, -0.2) is 0 Å². The van der Waals surface area contributed by atoms with Crippen LogP contribution in [0.25, 0.3) is 0 Å². The maximum atomic E-state index is 10.6. The second kappa shape index (κ2) is 16.3. The Hall–Kier alpha value is -2.38. The highest BCUT2D eigenvalue weighted by Crippen LogP contribution is 1.98. The first-order valence-electron chi connectivity index (χ1n) is 8.55.